The Morgan fingerprint density at radius 3 is 2.75 bits per heavy atom. The van der Waals surface area contributed by atoms with Gasteiger partial charge >= 0.3 is 0 Å². The zero-order valence-electron chi connectivity index (χ0n) is 13.8. The first kappa shape index (κ1) is 15.2. The second kappa shape index (κ2) is 6.26. The molecule has 0 spiro atoms. The number of carbonyl (C=O) groups excluding carboxylic acids is 1. The zero-order valence-corrected chi connectivity index (χ0v) is 13.8. The van der Waals surface area contributed by atoms with Crippen molar-refractivity contribution in [1.82, 2.24) is 15.1 Å². The summed E-state index contributed by atoms with van der Waals surface area (Å²) in [6.45, 7) is 3.53. The van der Waals surface area contributed by atoms with Crippen LogP contribution < -0.4 is 5.32 Å². The first-order valence-electron chi connectivity index (χ1n) is 8.60. The summed E-state index contributed by atoms with van der Waals surface area (Å²) in [6.07, 6.45) is 4.49. The minimum absolute atomic E-state index is 0.114. The molecule has 6 nitrogen and oxygen atoms in total. The van der Waals surface area contributed by atoms with E-state index in [4.69, 9.17) is 4.42 Å². The summed E-state index contributed by atoms with van der Waals surface area (Å²) in [7, 11) is 0. The minimum atomic E-state index is 0.114. The fourth-order valence-corrected chi connectivity index (χ4v) is 3.45. The number of hydrogen-bond donors (Lipinski definition) is 1. The van der Waals surface area contributed by atoms with E-state index in [-0.39, 0.29) is 17.7 Å². The van der Waals surface area contributed by atoms with Crippen LogP contribution in [0, 0.1) is 12.8 Å². The molecular weight excluding hydrogens is 304 g/mol. The van der Waals surface area contributed by atoms with E-state index in [1.165, 1.54) is 0 Å². The van der Waals surface area contributed by atoms with Crippen molar-refractivity contribution < 1.29 is 9.21 Å². The van der Waals surface area contributed by atoms with E-state index >= 15 is 0 Å². The van der Waals surface area contributed by atoms with Crippen LogP contribution in [0.5, 0.6) is 0 Å². The smallest absolute Gasteiger partial charge is 0.226 e. The molecule has 2 aromatic heterocycles. The molecule has 3 heterocycles. The zero-order chi connectivity index (χ0) is 16.5. The van der Waals surface area contributed by atoms with Gasteiger partial charge in [-0.3, -0.25) is 4.79 Å². The van der Waals surface area contributed by atoms with Gasteiger partial charge < -0.3 is 14.6 Å². The average Bonchev–Trinajstić information content (AvgIpc) is 3.22. The number of rotatable bonds is 4. The molecule has 0 aromatic carbocycles. The molecule has 4 rings (SSSR count). The number of aryl methyl sites for hydroxylation is 1. The number of aromatic nitrogens is 2. The summed E-state index contributed by atoms with van der Waals surface area (Å²) in [5, 5.41) is 11.6. The molecule has 1 aliphatic heterocycles. The molecule has 0 bridgehead atoms. The molecule has 2 fully saturated rings. The lowest BCUT2D eigenvalue weighted by Gasteiger charge is -2.32. The van der Waals surface area contributed by atoms with Crippen molar-refractivity contribution in [2.24, 2.45) is 5.92 Å². The molecule has 6 heteroatoms. The van der Waals surface area contributed by atoms with E-state index in [2.05, 4.69) is 15.5 Å². The SMILES string of the molecule is Cc1ccc(NC2CCN(C(=O)[C@H]3C[C@H]3c3ccco3)CC2)nn1. The van der Waals surface area contributed by atoms with Crippen LogP contribution in [-0.2, 0) is 4.79 Å². The van der Waals surface area contributed by atoms with Gasteiger partial charge in [0.1, 0.15) is 11.6 Å². The Labute approximate surface area is 141 Å². The summed E-state index contributed by atoms with van der Waals surface area (Å²) in [4.78, 5) is 14.6. The first-order valence-corrected chi connectivity index (χ1v) is 8.60. The Hall–Kier alpha value is -2.37. The average molecular weight is 326 g/mol. The Balaban J connectivity index is 1.27. The predicted octanol–water partition coefficient (Wildman–Crippen LogP) is 2.58. The first-order chi connectivity index (χ1) is 11.7. The number of amides is 1. The van der Waals surface area contributed by atoms with Gasteiger partial charge in [-0.1, -0.05) is 0 Å². The Bertz CT molecular complexity index is 690. The lowest BCUT2D eigenvalue weighted by atomic mass is 10.0. The van der Waals surface area contributed by atoms with Crippen molar-refractivity contribution in [2.45, 2.75) is 38.1 Å². The molecule has 1 N–H and O–H groups in total. The summed E-state index contributed by atoms with van der Waals surface area (Å²) >= 11 is 0. The van der Waals surface area contributed by atoms with Crippen LogP contribution in [0.3, 0.4) is 0 Å². The number of nitrogens with zero attached hydrogens (tertiary/aromatic N) is 3. The Morgan fingerprint density at radius 2 is 2.08 bits per heavy atom. The summed E-state index contributed by atoms with van der Waals surface area (Å²) < 4.78 is 5.42. The second-order valence-electron chi connectivity index (χ2n) is 6.77. The minimum Gasteiger partial charge on any atom is -0.469 e. The summed E-state index contributed by atoms with van der Waals surface area (Å²) in [6, 6.07) is 8.12. The highest BCUT2D eigenvalue weighted by Gasteiger charge is 2.47. The van der Waals surface area contributed by atoms with Crippen LogP contribution in [0.1, 0.15) is 36.6 Å². The van der Waals surface area contributed by atoms with Crippen LogP contribution in [0.15, 0.2) is 34.9 Å². The molecule has 2 aromatic rings. The maximum absolute atomic E-state index is 12.6. The van der Waals surface area contributed by atoms with E-state index in [1.54, 1.807) is 6.26 Å². The molecule has 1 amide bonds. The van der Waals surface area contributed by atoms with Gasteiger partial charge in [-0.25, -0.2) is 0 Å². The molecular formula is C18H22N4O2. The van der Waals surface area contributed by atoms with Gasteiger partial charge in [0.05, 0.1) is 12.0 Å². The lowest BCUT2D eigenvalue weighted by molar-refractivity contribution is -0.133. The summed E-state index contributed by atoms with van der Waals surface area (Å²) in [5.74, 6) is 2.44. The van der Waals surface area contributed by atoms with Gasteiger partial charge in [0.15, 0.2) is 0 Å². The molecule has 2 atom stereocenters. The standard InChI is InChI=1S/C18H22N4O2/c1-12-4-5-17(21-20-12)19-13-6-8-22(9-7-13)18(23)15-11-14(15)16-3-2-10-24-16/h2-5,10,13-15H,6-9,11H2,1H3,(H,19,21)/t14-,15+/m1/s1. The van der Waals surface area contributed by atoms with Crippen LogP contribution in [0.25, 0.3) is 0 Å². The highest BCUT2D eigenvalue weighted by Crippen LogP contribution is 2.48. The van der Waals surface area contributed by atoms with E-state index in [9.17, 15) is 4.79 Å². The molecule has 1 aliphatic carbocycles. The molecule has 0 unspecified atom stereocenters. The van der Waals surface area contributed by atoms with Crippen molar-refractivity contribution in [1.29, 1.82) is 0 Å². The van der Waals surface area contributed by atoms with Gasteiger partial charge in [-0.05, 0) is 50.5 Å². The molecule has 24 heavy (non-hydrogen) atoms. The fourth-order valence-electron chi connectivity index (χ4n) is 3.45. The molecule has 1 saturated heterocycles. The number of anilines is 1. The third kappa shape index (κ3) is 3.13. The van der Waals surface area contributed by atoms with Gasteiger partial charge in [0.25, 0.3) is 0 Å². The topological polar surface area (TPSA) is 71.3 Å². The second-order valence-corrected chi connectivity index (χ2v) is 6.77. The van der Waals surface area contributed by atoms with Crippen LogP contribution in [0.2, 0.25) is 0 Å². The molecule has 1 saturated carbocycles. The third-order valence-corrected chi connectivity index (χ3v) is 4.97. The van der Waals surface area contributed by atoms with Crippen molar-refractivity contribution in [3.63, 3.8) is 0 Å². The van der Waals surface area contributed by atoms with Crippen molar-refractivity contribution >= 4 is 11.7 Å². The maximum Gasteiger partial charge on any atom is 0.226 e. The number of hydrogen-bond acceptors (Lipinski definition) is 5. The number of carbonyl (C=O) groups is 1. The highest BCUT2D eigenvalue weighted by atomic mass is 16.3. The van der Waals surface area contributed by atoms with Crippen molar-refractivity contribution in [3.8, 4) is 0 Å². The fraction of sp³-hybridized carbons (Fsp3) is 0.500. The molecule has 0 radical (unpaired) electrons. The molecule has 126 valence electrons. The van der Waals surface area contributed by atoms with Gasteiger partial charge in [-0.2, -0.15) is 5.10 Å². The number of nitrogens with one attached hydrogen (secondary N) is 1. The lowest BCUT2D eigenvalue weighted by Crippen LogP contribution is -2.43. The third-order valence-electron chi connectivity index (χ3n) is 4.97. The Morgan fingerprint density at radius 1 is 1.25 bits per heavy atom. The monoisotopic (exact) mass is 326 g/mol. The van der Waals surface area contributed by atoms with Crippen LogP contribution >= 0.6 is 0 Å². The van der Waals surface area contributed by atoms with E-state index < -0.39 is 0 Å². The van der Waals surface area contributed by atoms with E-state index in [1.807, 2.05) is 36.1 Å². The predicted molar refractivity (Wildman–Crippen MR) is 89.5 cm³/mol. The quantitative estimate of drug-likeness (QED) is 0.935. The van der Waals surface area contributed by atoms with Gasteiger partial charge in [0.2, 0.25) is 5.91 Å². The van der Waals surface area contributed by atoms with E-state index in [0.29, 0.717) is 6.04 Å². The molecule has 2 aliphatic rings. The number of likely N-dealkylation sites (tertiary alicyclic amines) is 1. The van der Waals surface area contributed by atoms with Crippen molar-refractivity contribution in [3.05, 3.63) is 42.0 Å². The maximum atomic E-state index is 12.6. The van der Waals surface area contributed by atoms with Crippen LogP contribution in [0.4, 0.5) is 5.82 Å². The normalized spacial score (nSPS) is 24.0. The number of piperidine rings is 1. The van der Waals surface area contributed by atoms with Gasteiger partial charge in [0, 0.05) is 31.0 Å². The highest BCUT2D eigenvalue weighted by molar-refractivity contribution is 5.83. The Kier molecular flexibility index (Phi) is 3.96. The largest absolute Gasteiger partial charge is 0.469 e. The number of furan rings is 1. The van der Waals surface area contributed by atoms with Crippen molar-refractivity contribution in [2.75, 3.05) is 18.4 Å². The van der Waals surface area contributed by atoms with Crippen LogP contribution in [-0.4, -0.2) is 40.1 Å². The van der Waals surface area contributed by atoms with Gasteiger partial charge in [-0.15, -0.1) is 5.10 Å². The van der Waals surface area contributed by atoms with E-state index in [0.717, 1.165) is 49.6 Å². The summed E-state index contributed by atoms with van der Waals surface area (Å²) in [5.41, 5.74) is 0.913.